The number of carbonyl (C=O) groups excluding carboxylic acids is 1. The molecule has 0 aliphatic heterocycles. The quantitative estimate of drug-likeness (QED) is 0.152. The molecule has 0 heterocycles. The fourth-order valence-electron chi connectivity index (χ4n) is 3.20. The minimum absolute atomic E-state index is 0.0575. The summed E-state index contributed by atoms with van der Waals surface area (Å²) in [5, 5.41) is 1.35. The fraction of sp³-hybridized carbons (Fsp3) is 0.364. The molecule has 2 rings (SSSR count). The number of anilines is 1. The minimum atomic E-state index is -4.03. The zero-order chi connectivity index (χ0) is 23.7. The SMILES string of the molecule is C/C=C/COC(=O)C(CCCN=C(N)N)NS(=O)(=O)c1cccc2c(N(C)C)cccc12. The maximum absolute atomic E-state index is 13.3. The van der Waals surface area contributed by atoms with Crippen molar-refractivity contribution in [2.45, 2.75) is 30.7 Å². The van der Waals surface area contributed by atoms with E-state index in [2.05, 4.69) is 9.71 Å². The number of aliphatic imine (C=N–C) groups is 1. The molecule has 0 radical (unpaired) electrons. The maximum Gasteiger partial charge on any atom is 0.324 e. The van der Waals surface area contributed by atoms with Crippen LogP contribution in [-0.4, -0.2) is 53.6 Å². The second kappa shape index (κ2) is 11.5. The van der Waals surface area contributed by atoms with Crippen LogP contribution in [-0.2, 0) is 19.6 Å². The van der Waals surface area contributed by atoms with Crippen molar-refractivity contribution >= 4 is 38.4 Å². The molecule has 0 aliphatic rings. The molecule has 1 unspecified atom stereocenters. The predicted octanol–water partition coefficient (Wildman–Crippen LogP) is 1.73. The van der Waals surface area contributed by atoms with E-state index < -0.39 is 22.0 Å². The van der Waals surface area contributed by atoms with Crippen LogP contribution < -0.4 is 21.1 Å². The Bertz CT molecular complexity index is 1090. The Labute approximate surface area is 189 Å². The predicted molar refractivity (Wildman–Crippen MR) is 128 cm³/mol. The van der Waals surface area contributed by atoms with E-state index in [1.807, 2.05) is 31.1 Å². The van der Waals surface area contributed by atoms with Gasteiger partial charge in [0.25, 0.3) is 0 Å². The Kier molecular flexibility index (Phi) is 9.03. The third-order valence-electron chi connectivity index (χ3n) is 4.72. The van der Waals surface area contributed by atoms with Crippen molar-refractivity contribution in [1.82, 2.24) is 4.72 Å². The lowest BCUT2D eigenvalue weighted by molar-refractivity contribution is -0.144. The topological polar surface area (TPSA) is 140 Å². The zero-order valence-electron chi connectivity index (χ0n) is 18.6. The van der Waals surface area contributed by atoms with Crippen molar-refractivity contribution in [3.8, 4) is 0 Å². The molecule has 2 aromatic carbocycles. The molecule has 174 valence electrons. The molecule has 0 aromatic heterocycles. The number of hydrogen-bond acceptors (Lipinski definition) is 6. The Morgan fingerprint density at radius 1 is 1.19 bits per heavy atom. The molecule has 0 aliphatic carbocycles. The number of ether oxygens (including phenoxy) is 1. The van der Waals surface area contributed by atoms with Gasteiger partial charge in [0.1, 0.15) is 12.6 Å². The number of guanidine groups is 1. The van der Waals surface area contributed by atoms with Crippen LogP contribution in [0.4, 0.5) is 5.69 Å². The largest absolute Gasteiger partial charge is 0.460 e. The molecule has 0 saturated heterocycles. The van der Waals surface area contributed by atoms with Crippen LogP contribution in [0.1, 0.15) is 19.8 Å². The van der Waals surface area contributed by atoms with Gasteiger partial charge in [-0.05, 0) is 31.9 Å². The summed E-state index contributed by atoms with van der Waals surface area (Å²) in [4.78, 5) is 18.5. The Morgan fingerprint density at radius 3 is 2.53 bits per heavy atom. The molecular weight excluding hydrogens is 430 g/mol. The average molecular weight is 462 g/mol. The van der Waals surface area contributed by atoms with Gasteiger partial charge in [-0.25, -0.2) is 8.42 Å². The van der Waals surface area contributed by atoms with Crippen molar-refractivity contribution in [3.05, 3.63) is 48.6 Å². The summed E-state index contributed by atoms with van der Waals surface area (Å²) in [5.74, 6) is -0.726. The summed E-state index contributed by atoms with van der Waals surface area (Å²) in [5.41, 5.74) is 11.5. The number of nitrogens with one attached hydrogen (secondary N) is 1. The van der Waals surface area contributed by atoms with Crippen LogP contribution in [0.2, 0.25) is 0 Å². The summed E-state index contributed by atoms with van der Waals surface area (Å²) in [6, 6.07) is 9.45. The van der Waals surface area contributed by atoms with Gasteiger partial charge in [-0.3, -0.25) is 9.79 Å². The third kappa shape index (κ3) is 6.69. The van der Waals surface area contributed by atoms with Crippen LogP contribution in [0.15, 0.2) is 58.4 Å². The van der Waals surface area contributed by atoms with Crippen LogP contribution in [0.25, 0.3) is 10.8 Å². The number of hydrogen-bond donors (Lipinski definition) is 3. The number of rotatable bonds is 11. The van der Waals surface area contributed by atoms with E-state index in [0.29, 0.717) is 11.8 Å². The van der Waals surface area contributed by atoms with E-state index in [9.17, 15) is 13.2 Å². The zero-order valence-corrected chi connectivity index (χ0v) is 19.4. The minimum Gasteiger partial charge on any atom is -0.460 e. The molecule has 0 bridgehead atoms. The summed E-state index contributed by atoms with van der Waals surface area (Å²) in [6.45, 7) is 2.12. The molecule has 0 amide bonds. The maximum atomic E-state index is 13.3. The van der Waals surface area contributed by atoms with Crippen LogP contribution in [0, 0.1) is 0 Å². The Balaban J connectivity index is 2.35. The second-order valence-electron chi connectivity index (χ2n) is 7.34. The molecule has 5 N–H and O–H groups in total. The molecule has 0 saturated carbocycles. The lowest BCUT2D eigenvalue weighted by Gasteiger charge is -2.19. The summed E-state index contributed by atoms with van der Waals surface area (Å²) >= 11 is 0. The third-order valence-corrected chi connectivity index (χ3v) is 6.24. The summed E-state index contributed by atoms with van der Waals surface area (Å²) in [7, 11) is -0.249. The number of benzene rings is 2. The first-order valence-electron chi connectivity index (χ1n) is 10.2. The van der Waals surface area contributed by atoms with Crippen molar-refractivity contribution < 1.29 is 17.9 Å². The summed E-state index contributed by atoms with van der Waals surface area (Å²) in [6.07, 6.45) is 3.97. The van der Waals surface area contributed by atoms with E-state index in [1.54, 1.807) is 37.3 Å². The van der Waals surface area contributed by atoms with Crippen molar-refractivity contribution in [3.63, 3.8) is 0 Å². The van der Waals surface area contributed by atoms with Crippen molar-refractivity contribution in [1.29, 1.82) is 0 Å². The molecule has 9 nitrogen and oxygen atoms in total. The van der Waals surface area contributed by atoms with Crippen LogP contribution in [0.5, 0.6) is 0 Å². The van der Waals surface area contributed by atoms with Crippen molar-refractivity contribution in [2.24, 2.45) is 16.5 Å². The van der Waals surface area contributed by atoms with E-state index in [0.717, 1.165) is 11.1 Å². The van der Waals surface area contributed by atoms with Crippen molar-refractivity contribution in [2.75, 3.05) is 32.1 Å². The van der Waals surface area contributed by atoms with Crippen LogP contribution in [0.3, 0.4) is 0 Å². The Morgan fingerprint density at radius 2 is 1.88 bits per heavy atom. The van der Waals surface area contributed by atoms with Gasteiger partial charge in [0.15, 0.2) is 5.96 Å². The number of nitrogens with two attached hydrogens (primary N) is 2. The number of fused-ring (bicyclic) bond motifs is 1. The van der Waals surface area contributed by atoms with E-state index >= 15 is 0 Å². The number of nitrogens with zero attached hydrogens (tertiary/aromatic N) is 2. The number of sulfonamides is 1. The van der Waals surface area contributed by atoms with Gasteiger partial charge in [-0.2, -0.15) is 4.72 Å². The highest BCUT2D eigenvalue weighted by Gasteiger charge is 2.28. The monoisotopic (exact) mass is 461 g/mol. The smallest absolute Gasteiger partial charge is 0.324 e. The molecule has 32 heavy (non-hydrogen) atoms. The first-order valence-corrected chi connectivity index (χ1v) is 11.7. The molecule has 0 spiro atoms. The van der Waals surface area contributed by atoms with Gasteiger partial charge in [0.2, 0.25) is 10.0 Å². The number of esters is 1. The van der Waals surface area contributed by atoms with Crippen LogP contribution >= 0.6 is 0 Å². The first-order chi connectivity index (χ1) is 15.2. The molecule has 1 atom stereocenters. The Hall–Kier alpha value is -3.11. The first kappa shape index (κ1) is 25.2. The average Bonchev–Trinajstić information content (AvgIpc) is 2.74. The van der Waals surface area contributed by atoms with Gasteiger partial charge >= 0.3 is 5.97 Å². The van der Waals surface area contributed by atoms with Gasteiger partial charge in [-0.15, -0.1) is 0 Å². The normalized spacial score (nSPS) is 12.6. The molecular formula is C22H31N5O4S. The lowest BCUT2D eigenvalue weighted by Crippen LogP contribution is -2.42. The van der Waals surface area contributed by atoms with Gasteiger partial charge in [0.05, 0.1) is 4.90 Å². The highest BCUT2D eigenvalue weighted by Crippen LogP contribution is 2.30. The van der Waals surface area contributed by atoms with E-state index in [-0.39, 0.29) is 30.4 Å². The van der Waals surface area contributed by atoms with E-state index in [1.165, 1.54) is 6.07 Å². The summed E-state index contributed by atoms with van der Waals surface area (Å²) < 4.78 is 34.3. The van der Waals surface area contributed by atoms with Gasteiger partial charge < -0.3 is 21.1 Å². The van der Waals surface area contributed by atoms with Gasteiger partial charge in [0, 0.05) is 37.1 Å². The van der Waals surface area contributed by atoms with Gasteiger partial charge in [-0.1, -0.05) is 36.4 Å². The number of allylic oxidation sites excluding steroid dienone is 1. The standard InChI is InChI=1S/C22H31N5O4S/c1-4-5-15-31-21(28)18(11-8-14-25-22(23)24)26-32(29,30)20-13-7-9-16-17(20)10-6-12-19(16)27(2)3/h4-7,9-10,12-13,18,26H,8,11,14-15H2,1-3H3,(H4,23,24,25)/b5-4+. The molecule has 0 fully saturated rings. The highest BCUT2D eigenvalue weighted by atomic mass is 32.2. The number of carbonyl (C=O) groups is 1. The fourth-order valence-corrected chi connectivity index (χ4v) is 4.64. The highest BCUT2D eigenvalue weighted by molar-refractivity contribution is 7.89. The van der Waals surface area contributed by atoms with E-state index in [4.69, 9.17) is 16.2 Å². The molecule has 10 heteroatoms. The molecule has 2 aromatic rings. The lowest BCUT2D eigenvalue weighted by atomic mass is 10.1. The second-order valence-corrected chi connectivity index (χ2v) is 9.03.